The fourth-order valence-corrected chi connectivity index (χ4v) is 2.66. The van der Waals surface area contributed by atoms with Crippen molar-refractivity contribution in [3.05, 3.63) is 41.6 Å². The Morgan fingerprint density at radius 3 is 2.57 bits per heavy atom. The highest BCUT2D eigenvalue weighted by molar-refractivity contribution is 7.99. The van der Waals surface area contributed by atoms with E-state index in [9.17, 15) is 4.79 Å². The molecular weight excluding hydrogens is 310 g/mol. The van der Waals surface area contributed by atoms with Crippen LogP contribution in [0.15, 0.2) is 35.5 Å². The van der Waals surface area contributed by atoms with Gasteiger partial charge in [-0.2, -0.15) is 0 Å². The van der Waals surface area contributed by atoms with Gasteiger partial charge in [-0.05, 0) is 24.6 Å². The number of nitrogens with one attached hydrogen (secondary N) is 1. The Balaban J connectivity index is 1.80. The minimum atomic E-state index is -0.0598. The summed E-state index contributed by atoms with van der Waals surface area (Å²) in [4.78, 5) is 22.3. The number of aromatic nitrogens is 2. The maximum atomic E-state index is 11.9. The first kappa shape index (κ1) is 17.1. The van der Waals surface area contributed by atoms with Crippen LogP contribution in [0.25, 0.3) is 0 Å². The minimum Gasteiger partial charge on any atom is -0.384 e. The number of aryl methyl sites for hydroxylation is 1. The zero-order valence-corrected chi connectivity index (χ0v) is 14.4. The average Bonchev–Trinajstić information content (AvgIpc) is 2.50. The minimum absolute atomic E-state index is 0.0598. The van der Waals surface area contributed by atoms with E-state index in [1.807, 2.05) is 50.2 Å². The summed E-state index contributed by atoms with van der Waals surface area (Å²) in [6, 6.07) is 9.76. The second-order valence-corrected chi connectivity index (χ2v) is 6.29. The van der Waals surface area contributed by atoms with Gasteiger partial charge in [0.05, 0.1) is 5.75 Å². The molecule has 3 N–H and O–H groups in total. The molecular formula is C16H21N5OS. The Bertz CT molecular complexity index is 652. The van der Waals surface area contributed by atoms with Crippen LogP contribution >= 0.6 is 11.8 Å². The quantitative estimate of drug-likeness (QED) is 0.621. The Hall–Kier alpha value is -2.28. The van der Waals surface area contributed by atoms with Crippen LogP contribution in [0.4, 0.5) is 11.5 Å². The summed E-state index contributed by atoms with van der Waals surface area (Å²) >= 11 is 1.28. The summed E-state index contributed by atoms with van der Waals surface area (Å²) in [5.41, 5.74) is 8.65. The maximum Gasteiger partial charge on any atom is 0.230 e. The van der Waals surface area contributed by atoms with Crippen molar-refractivity contribution in [2.45, 2.75) is 18.6 Å². The molecule has 0 spiro atoms. The normalized spacial score (nSPS) is 10.4. The third kappa shape index (κ3) is 5.45. The number of carbonyl (C=O) groups excluding carboxylic acids is 1. The van der Waals surface area contributed by atoms with Gasteiger partial charge in [-0.15, -0.1) is 0 Å². The SMILES string of the molecule is Cc1cc(N)nc(SCC(=O)NCc2ccc(N(C)C)cc2)n1. The summed E-state index contributed by atoms with van der Waals surface area (Å²) in [5, 5.41) is 3.41. The largest absolute Gasteiger partial charge is 0.384 e. The molecule has 0 aliphatic heterocycles. The highest BCUT2D eigenvalue weighted by atomic mass is 32.2. The lowest BCUT2D eigenvalue weighted by Crippen LogP contribution is -2.24. The maximum absolute atomic E-state index is 11.9. The molecule has 0 aliphatic carbocycles. The van der Waals surface area contributed by atoms with Gasteiger partial charge in [0.25, 0.3) is 0 Å². The van der Waals surface area contributed by atoms with Gasteiger partial charge in [-0.3, -0.25) is 4.79 Å². The van der Waals surface area contributed by atoms with E-state index in [0.29, 0.717) is 17.5 Å². The molecule has 1 amide bonds. The first-order chi connectivity index (χ1) is 10.9. The molecule has 0 aliphatic rings. The molecule has 2 aromatic rings. The van der Waals surface area contributed by atoms with Gasteiger partial charge in [0, 0.05) is 38.1 Å². The fraction of sp³-hybridized carbons (Fsp3) is 0.312. The smallest absolute Gasteiger partial charge is 0.230 e. The van der Waals surface area contributed by atoms with Crippen LogP contribution < -0.4 is 16.0 Å². The van der Waals surface area contributed by atoms with Crippen LogP contribution in [0.3, 0.4) is 0 Å². The van der Waals surface area contributed by atoms with Crippen LogP contribution in [0.1, 0.15) is 11.3 Å². The van der Waals surface area contributed by atoms with Gasteiger partial charge in [0.2, 0.25) is 5.91 Å². The van der Waals surface area contributed by atoms with E-state index in [0.717, 1.165) is 16.9 Å². The molecule has 122 valence electrons. The number of amides is 1. The molecule has 23 heavy (non-hydrogen) atoms. The number of nitrogens with two attached hydrogens (primary N) is 1. The van der Waals surface area contributed by atoms with Gasteiger partial charge < -0.3 is 16.0 Å². The number of benzene rings is 1. The van der Waals surface area contributed by atoms with Crippen molar-refractivity contribution >= 4 is 29.2 Å². The molecule has 1 heterocycles. The molecule has 2 rings (SSSR count). The summed E-state index contributed by atoms with van der Waals surface area (Å²) in [6.45, 7) is 2.35. The second-order valence-electron chi connectivity index (χ2n) is 5.34. The molecule has 0 fully saturated rings. The molecule has 0 saturated carbocycles. The number of nitrogen functional groups attached to an aromatic ring is 1. The lowest BCUT2D eigenvalue weighted by Gasteiger charge is -2.12. The highest BCUT2D eigenvalue weighted by Crippen LogP contribution is 2.15. The summed E-state index contributed by atoms with van der Waals surface area (Å²) < 4.78 is 0. The van der Waals surface area contributed by atoms with E-state index in [1.165, 1.54) is 11.8 Å². The summed E-state index contributed by atoms with van der Waals surface area (Å²) in [5.74, 6) is 0.621. The number of hydrogen-bond acceptors (Lipinski definition) is 6. The third-order valence-corrected chi connectivity index (χ3v) is 3.98. The van der Waals surface area contributed by atoms with E-state index in [1.54, 1.807) is 6.07 Å². The zero-order valence-electron chi connectivity index (χ0n) is 13.5. The predicted octanol–water partition coefficient (Wildman–Crippen LogP) is 1.84. The van der Waals surface area contributed by atoms with Crippen LogP contribution in [0.2, 0.25) is 0 Å². The predicted molar refractivity (Wildman–Crippen MR) is 94.5 cm³/mol. The van der Waals surface area contributed by atoms with Crippen LogP contribution in [0, 0.1) is 6.92 Å². The van der Waals surface area contributed by atoms with E-state index < -0.39 is 0 Å². The van der Waals surface area contributed by atoms with Crippen molar-refractivity contribution < 1.29 is 4.79 Å². The molecule has 6 nitrogen and oxygen atoms in total. The standard InChI is InChI=1S/C16H21N5OS/c1-11-8-14(17)20-16(19-11)23-10-15(22)18-9-12-4-6-13(7-5-12)21(2)3/h4-8H,9-10H2,1-3H3,(H,18,22)(H2,17,19,20). The zero-order chi connectivity index (χ0) is 16.8. The topological polar surface area (TPSA) is 84.1 Å². The number of hydrogen-bond donors (Lipinski definition) is 2. The van der Waals surface area contributed by atoms with Crippen molar-refractivity contribution in [3.63, 3.8) is 0 Å². The lowest BCUT2D eigenvalue weighted by atomic mass is 10.2. The number of rotatable bonds is 6. The lowest BCUT2D eigenvalue weighted by molar-refractivity contribution is -0.118. The van der Waals surface area contributed by atoms with E-state index in [4.69, 9.17) is 5.73 Å². The fourth-order valence-electron chi connectivity index (χ4n) is 1.92. The highest BCUT2D eigenvalue weighted by Gasteiger charge is 2.06. The van der Waals surface area contributed by atoms with Gasteiger partial charge in [-0.1, -0.05) is 23.9 Å². The van der Waals surface area contributed by atoms with Crippen LogP contribution in [0.5, 0.6) is 0 Å². The van der Waals surface area contributed by atoms with Crippen molar-refractivity contribution in [1.29, 1.82) is 0 Å². The van der Waals surface area contributed by atoms with Gasteiger partial charge >= 0.3 is 0 Å². The second kappa shape index (κ2) is 7.82. The van der Waals surface area contributed by atoms with Gasteiger partial charge in [-0.25, -0.2) is 9.97 Å². The Morgan fingerprint density at radius 1 is 1.26 bits per heavy atom. The summed E-state index contributed by atoms with van der Waals surface area (Å²) in [6.07, 6.45) is 0. The van der Waals surface area contributed by atoms with Crippen LogP contribution in [-0.2, 0) is 11.3 Å². The van der Waals surface area contributed by atoms with Gasteiger partial charge in [0.1, 0.15) is 5.82 Å². The third-order valence-electron chi connectivity index (χ3n) is 3.13. The first-order valence-electron chi connectivity index (χ1n) is 7.21. The number of anilines is 2. The monoisotopic (exact) mass is 331 g/mol. The molecule has 1 aromatic heterocycles. The molecule has 7 heteroatoms. The van der Waals surface area contributed by atoms with Crippen molar-refractivity contribution in [3.8, 4) is 0 Å². The molecule has 0 unspecified atom stereocenters. The molecule has 0 saturated heterocycles. The van der Waals surface area contributed by atoms with E-state index in [-0.39, 0.29) is 11.7 Å². The van der Waals surface area contributed by atoms with Crippen molar-refractivity contribution in [1.82, 2.24) is 15.3 Å². The van der Waals surface area contributed by atoms with E-state index in [2.05, 4.69) is 15.3 Å². The van der Waals surface area contributed by atoms with Crippen molar-refractivity contribution in [2.24, 2.45) is 0 Å². The average molecular weight is 331 g/mol. The number of thioether (sulfide) groups is 1. The Morgan fingerprint density at radius 2 is 1.96 bits per heavy atom. The van der Waals surface area contributed by atoms with Gasteiger partial charge in [0.15, 0.2) is 5.16 Å². The van der Waals surface area contributed by atoms with E-state index >= 15 is 0 Å². The molecule has 0 radical (unpaired) electrons. The molecule has 1 aromatic carbocycles. The van der Waals surface area contributed by atoms with Crippen LogP contribution in [-0.4, -0.2) is 35.7 Å². The molecule has 0 bridgehead atoms. The Kier molecular flexibility index (Phi) is 5.81. The first-order valence-corrected chi connectivity index (χ1v) is 8.19. The Labute approximate surface area is 140 Å². The number of carbonyl (C=O) groups is 1. The van der Waals surface area contributed by atoms with Crippen molar-refractivity contribution in [2.75, 3.05) is 30.5 Å². The molecule has 0 atom stereocenters. The number of nitrogens with zero attached hydrogens (tertiary/aromatic N) is 3. The summed E-state index contributed by atoms with van der Waals surface area (Å²) in [7, 11) is 3.99.